The number of rotatable bonds is 4. The van der Waals surface area contributed by atoms with Crippen LogP contribution in [0.3, 0.4) is 0 Å². The molecule has 0 amide bonds. The van der Waals surface area contributed by atoms with Gasteiger partial charge in [-0.1, -0.05) is 23.8 Å². The highest BCUT2D eigenvalue weighted by Gasteiger charge is 2.39. The van der Waals surface area contributed by atoms with Crippen molar-refractivity contribution in [1.82, 2.24) is 0 Å². The molecule has 1 atom stereocenters. The molecule has 31 heavy (non-hydrogen) atoms. The largest absolute Gasteiger partial charge is 0.508 e. The van der Waals surface area contributed by atoms with E-state index in [-0.39, 0.29) is 40.1 Å². The zero-order chi connectivity index (χ0) is 22.5. The van der Waals surface area contributed by atoms with Crippen LogP contribution in [0.25, 0.3) is 22.1 Å². The maximum absolute atomic E-state index is 13.6. The first-order chi connectivity index (χ1) is 14.6. The molecule has 0 saturated heterocycles. The van der Waals surface area contributed by atoms with Crippen molar-refractivity contribution in [2.24, 2.45) is 0 Å². The number of fused-ring (bicyclic) bond motifs is 3. The average Bonchev–Trinajstić information content (AvgIpc) is 3.15. The standard InChI is InChI=1S/C25H26O6/c1-13(2)5-10-16-21(27)17-11-19(25(3,4)29)31-24(17)20-22(28)18(12-30-23(16)20)14-6-8-15(26)9-7-14/h5-9,12,19,26-27,29H,10-11H2,1-4H3/t19-/m0/s1. The fraction of sp³-hybridized carbons (Fsp3) is 0.320. The number of hydrogen-bond donors (Lipinski definition) is 3. The lowest BCUT2D eigenvalue weighted by Gasteiger charge is -2.24. The molecule has 0 radical (unpaired) electrons. The van der Waals surface area contributed by atoms with Crippen LogP contribution in [0.5, 0.6) is 17.2 Å². The molecule has 6 nitrogen and oxygen atoms in total. The number of aromatic hydroxyl groups is 2. The number of phenolic OH excluding ortho intramolecular Hbond substituents is 2. The van der Waals surface area contributed by atoms with Gasteiger partial charge in [-0.05, 0) is 51.8 Å². The molecule has 162 valence electrons. The molecule has 2 aromatic carbocycles. The molecule has 1 aliphatic rings. The van der Waals surface area contributed by atoms with Crippen molar-refractivity contribution >= 4 is 11.0 Å². The summed E-state index contributed by atoms with van der Waals surface area (Å²) in [5.74, 6) is 0.391. The molecule has 3 N–H and O–H groups in total. The van der Waals surface area contributed by atoms with E-state index in [2.05, 4.69) is 0 Å². The zero-order valence-corrected chi connectivity index (χ0v) is 18.0. The van der Waals surface area contributed by atoms with Gasteiger partial charge in [0.25, 0.3) is 0 Å². The summed E-state index contributed by atoms with van der Waals surface area (Å²) in [5, 5.41) is 31.3. The monoisotopic (exact) mass is 422 g/mol. The second kappa shape index (κ2) is 7.46. The van der Waals surface area contributed by atoms with Gasteiger partial charge in [-0.2, -0.15) is 0 Å². The van der Waals surface area contributed by atoms with E-state index in [0.29, 0.717) is 28.7 Å². The first-order valence-electron chi connectivity index (χ1n) is 10.2. The molecule has 0 saturated carbocycles. The van der Waals surface area contributed by atoms with E-state index in [1.54, 1.807) is 26.0 Å². The minimum Gasteiger partial charge on any atom is -0.508 e. The minimum absolute atomic E-state index is 0.0345. The van der Waals surface area contributed by atoms with Crippen LogP contribution < -0.4 is 10.2 Å². The Balaban J connectivity index is 2.01. The molecule has 0 bridgehead atoms. The summed E-state index contributed by atoms with van der Waals surface area (Å²) in [6, 6.07) is 6.28. The van der Waals surface area contributed by atoms with E-state index in [1.165, 1.54) is 18.4 Å². The summed E-state index contributed by atoms with van der Waals surface area (Å²) in [7, 11) is 0. The van der Waals surface area contributed by atoms with Gasteiger partial charge >= 0.3 is 0 Å². The Morgan fingerprint density at radius 3 is 2.48 bits per heavy atom. The van der Waals surface area contributed by atoms with Crippen molar-refractivity contribution in [2.45, 2.75) is 52.2 Å². The topological polar surface area (TPSA) is 100 Å². The minimum atomic E-state index is -1.16. The predicted octanol–water partition coefficient (Wildman–Crippen LogP) is 4.45. The van der Waals surface area contributed by atoms with Gasteiger partial charge < -0.3 is 24.5 Å². The smallest absolute Gasteiger partial charge is 0.204 e. The molecule has 0 aliphatic carbocycles. The normalized spacial score (nSPS) is 15.6. The van der Waals surface area contributed by atoms with Gasteiger partial charge in [0.05, 0.1) is 11.2 Å². The van der Waals surface area contributed by atoms with Crippen LogP contribution >= 0.6 is 0 Å². The quantitative estimate of drug-likeness (QED) is 0.537. The molecule has 2 heterocycles. The molecular formula is C25H26O6. The first-order valence-corrected chi connectivity index (χ1v) is 10.2. The van der Waals surface area contributed by atoms with Gasteiger partial charge in [0, 0.05) is 17.5 Å². The van der Waals surface area contributed by atoms with Crippen LogP contribution in [0, 0.1) is 0 Å². The van der Waals surface area contributed by atoms with Crippen molar-refractivity contribution < 1.29 is 24.5 Å². The SMILES string of the molecule is CC(C)=CCc1c(O)c2c(c3c(=O)c(-c4ccc(O)cc4)coc13)O[C@H](C(C)(C)O)C2. The lowest BCUT2D eigenvalue weighted by Crippen LogP contribution is -2.39. The summed E-state index contributed by atoms with van der Waals surface area (Å²) >= 11 is 0. The van der Waals surface area contributed by atoms with Gasteiger partial charge in [0.15, 0.2) is 0 Å². The van der Waals surface area contributed by atoms with Crippen LogP contribution in [0.1, 0.15) is 38.8 Å². The highest BCUT2D eigenvalue weighted by atomic mass is 16.5. The second-order valence-electron chi connectivity index (χ2n) is 8.81. The van der Waals surface area contributed by atoms with Crippen molar-refractivity contribution in [3.05, 3.63) is 63.5 Å². The van der Waals surface area contributed by atoms with Crippen LogP contribution in [-0.4, -0.2) is 27.0 Å². The van der Waals surface area contributed by atoms with E-state index in [9.17, 15) is 20.1 Å². The molecule has 1 aromatic heterocycles. The van der Waals surface area contributed by atoms with Crippen molar-refractivity contribution in [3.8, 4) is 28.4 Å². The third kappa shape index (κ3) is 3.68. The third-order valence-electron chi connectivity index (χ3n) is 5.67. The number of phenols is 2. The Labute approximate surface area is 180 Å². The Morgan fingerprint density at radius 2 is 1.87 bits per heavy atom. The fourth-order valence-electron chi connectivity index (χ4n) is 3.86. The van der Waals surface area contributed by atoms with E-state index in [4.69, 9.17) is 9.15 Å². The Kier molecular flexibility index (Phi) is 5.06. The van der Waals surface area contributed by atoms with E-state index < -0.39 is 11.7 Å². The Bertz CT molecular complexity index is 1240. The van der Waals surface area contributed by atoms with Crippen LogP contribution in [0.2, 0.25) is 0 Å². The second-order valence-corrected chi connectivity index (χ2v) is 8.81. The molecule has 0 unspecified atom stereocenters. The molecule has 6 heteroatoms. The van der Waals surface area contributed by atoms with Crippen molar-refractivity contribution in [1.29, 1.82) is 0 Å². The first kappa shape index (κ1) is 21.0. The van der Waals surface area contributed by atoms with E-state index in [1.807, 2.05) is 19.9 Å². The van der Waals surface area contributed by atoms with Crippen LogP contribution in [0.15, 0.2) is 51.4 Å². The Morgan fingerprint density at radius 1 is 1.19 bits per heavy atom. The lowest BCUT2D eigenvalue weighted by molar-refractivity contribution is -0.0225. The number of aliphatic hydroxyl groups is 1. The molecule has 1 aliphatic heterocycles. The number of benzene rings is 2. The average molecular weight is 422 g/mol. The fourth-order valence-corrected chi connectivity index (χ4v) is 3.86. The molecular weight excluding hydrogens is 396 g/mol. The lowest BCUT2D eigenvalue weighted by atomic mass is 9.93. The molecule has 4 rings (SSSR count). The van der Waals surface area contributed by atoms with Gasteiger partial charge in [-0.25, -0.2) is 0 Å². The summed E-state index contributed by atoms with van der Waals surface area (Å²) in [5.41, 5.74) is 1.84. The summed E-state index contributed by atoms with van der Waals surface area (Å²) in [6.45, 7) is 7.19. The molecule has 0 fully saturated rings. The van der Waals surface area contributed by atoms with Crippen molar-refractivity contribution in [3.63, 3.8) is 0 Å². The summed E-state index contributed by atoms with van der Waals surface area (Å²) in [6.07, 6.45) is 3.40. The predicted molar refractivity (Wildman–Crippen MR) is 119 cm³/mol. The maximum atomic E-state index is 13.6. The number of allylic oxidation sites excluding steroid dienone is 2. The van der Waals surface area contributed by atoms with E-state index in [0.717, 1.165) is 5.57 Å². The van der Waals surface area contributed by atoms with Crippen LogP contribution in [-0.2, 0) is 12.8 Å². The molecule has 3 aromatic rings. The zero-order valence-electron chi connectivity index (χ0n) is 18.0. The number of hydrogen-bond acceptors (Lipinski definition) is 6. The summed E-state index contributed by atoms with van der Waals surface area (Å²) in [4.78, 5) is 13.6. The molecule has 0 spiro atoms. The van der Waals surface area contributed by atoms with Gasteiger partial charge in [0.1, 0.15) is 40.6 Å². The van der Waals surface area contributed by atoms with Crippen LogP contribution in [0.4, 0.5) is 0 Å². The van der Waals surface area contributed by atoms with E-state index >= 15 is 0 Å². The Hall–Kier alpha value is -3.25. The van der Waals surface area contributed by atoms with Gasteiger partial charge in [0.2, 0.25) is 5.43 Å². The van der Waals surface area contributed by atoms with Gasteiger partial charge in [-0.3, -0.25) is 4.79 Å². The maximum Gasteiger partial charge on any atom is 0.204 e. The highest BCUT2D eigenvalue weighted by molar-refractivity contribution is 5.93. The summed E-state index contributed by atoms with van der Waals surface area (Å²) < 4.78 is 11.9. The highest BCUT2D eigenvalue weighted by Crippen LogP contribution is 2.46. The van der Waals surface area contributed by atoms with Gasteiger partial charge in [-0.15, -0.1) is 0 Å². The third-order valence-corrected chi connectivity index (χ3v) is 5.67. The number of ether oxygens (including phenoxy) is 1. The van der Waals surface area contributed by atoms with Crippen molar-refractivity contribution in [2.75, 3.05) is 0 Å².